The van der Waals surface area contributed by atoms with E-state index >= 15 is 0 Å². The van der Waals surface area contributed by atoms with E-state index in [1.54, 1.807) is 36.1 Å². The Morgan fingerprint density at radius 3 is 2.20 bits per heavy atom. The lowest BCUT2D eigenvalue weighted by Gasteiger charge is -2.31. The number of fused-ring (bicyclic) bond motifs is 1. The molecule has 0 N–H and O–H groups in total. The summed E-state index contributed by atoms with van der Waals surface area (Å²) in [5.41, 5.74) is 1.83. The van der Waals surface area contributed by atoms with Crippen molar-refractivity contribution in [2.24, 2.45) is 11.8 Å². The predicted molar refractivity (Wildman–Crippen MR) is 152 cm³/mol. The third-order valence-corrected chi connectivity index (χ3v) is 10.9. The first kappa shape index (κ1) is 27.9. The lowest BCUT2D eigenvalue weighted by molar-refractivity contribution is -0.146. The molecule has 1 saturated carbocycles. The van der Waals surface area contributed by atoms with Crippen molar-refractivity contribution >= 4 is 27.7 Å². The molecular formula is C31H37N3O6S. The van der Waals surface area contributed by atoms with Crippen LogP contribution in [-0.2, 0) is 24.4 Å². The first-order valence-corrected chi connectivity index (χ1v) is 16.2. The van der Waals surface area contributed by atoms with Gasteiger partial charge in [0.15, 0.2) is 0 Å². The normalized spacial score (nSPS) is 26.4. The molecule has 4 atom stereocenters. The molecule has 9 nitrogen and oxygen atoms in total. The van der Waals surface area contributed by atoms with E-state index in [0.717, 1.165) is 36.1 Å². The van der Waals surface area contributed by atoms with Gasteiger partial charge in [0.25, 0.3) is 0 Å². The summed E-state index contributed by atoms with van der Waals surface area (Å²) in [7, 11) is -3.92. The van der Waals surface area contributed by atoms with Crippen molar-refractivity contribution < 1.29 is 27.5 Å². The standard InChI is InChI=1S/C31H37N3O6S/c1-3-19-40-24-12-8-21(9-13-24)22-10-14-25(15-11-22)41(38,39)33-17-4-5-27(33)31(37)32-18-16-26-28(32)20(2)29(35)34(26)30(36)23-6-7-23/h8-15,20,23,26-28H,3-7,16-19H2,1-2H3/t20-,26-,27-,28+/m0/s1. The molecule has 10 heteroatoms. The Morgan fingerprint density at radius 2 is 1.56 bits per heavy atom. The largest absolute Gasteiger partial charge is 0.494 e. The monoisotopic (exact) mass is 579 g/mol. The van der Waals surface area contributed by atoms with E-state index in [9.17, 15) is 22.8 Å². The molecule has 1 aliphatic carbocycles. The molecule has 2 aromatic carbocycles. The Kier molecular flexibility index (Phi) is 7.40. The van der Waals surface area contributed by atoms with Crippen LogP contribution in [0.5, 0.6) is 5.75 Å². The summed E-state index contributed by atoms with van der Waals surface area (Å²) in [5.74, 6) is -0.356. The number of imide groups is 1. The molecule has 0 unspecified atom stereocenters. The highest BCUT2D eigenvalue weighted by molar-refractivity contribution is 7.89. The molecule has 0 bridgehead atoms. The van der Waals surface area contributed by atoms with Gasteiger partial charge in [0, 0.05) is 19.0 Å². The van der Waals surface area contributed by atoms with Crippen molar-refractivity contribution in [2.75, 3.05) is 19.7 Å². The average Bonchev–Trinajstić information content (AvgIpc) is 3.46. The lowest BCUT2D eigenvalue weighted by Crippen LogP contribution is -2.51. The number of amides is 3. The maximum atomic E-state index is 13.9. The summed E-state index contributed by atoms with van der Waals surface area (Å²) < 4.78 is 34.5. The Morgan fingerprint density at radius 1 is 0.902 bits per heavy atom. The molecule has 4 fully saturated rings. The van der Waals surface area contributed by atoms with Gasteiger partial charge in [0.05, 0.1) is 29.5 Å². The number of rotatable bonds is 8. The van der Waals surface area contributed by atoms with Gasteiger partial charge in [0.2, 0.25) is 27.7 Å². The van der Waals surface area contributed by atoms with Crippen LogP contribution in [0.2, 0.25) is 0 Å². The van der Waals surface area contributed by atoms with E-state index in [0.29, 0.717) is 32.4 Å². The minimum absolute atomic E-state index is 0.0734. The third-order valence-electron chi connectivity index (χ3n) is 8.95. The molecule has 0 aromatic heterocycles. The van der Waals surface area contributed by atoms with E-state index in [1.165, 1.54) is 9.21 Å². The van der Waals surface area contributed by atoms with Crippen LogP contribution in [0.3, 0.4) is 0 Å². The van der Waals surface area contributed by atoms with Gasteiger partial charge in [-0.25, -0.2) is 8.42 Å². The van der Waals surface area contributed by atoms with Gasteiger partial charge in [-0.2, -0.15) is 4.31 Å². The van der Waals surface area contributed by atoms with Crippen molar-refractivity contribution in [1.29, 1.82) is 0 Å². The number of nitrogens with zero attached hydrogens (tertiary/aromatic N) is 3. The molecule has 0 spiro atoms. The minimum Gasteiger partial charge on any atom is -0.494 e. The summed E-state index contributed by atoms with van der Waals surface area (Å²) in [4.78, 5) is 43.0. The molecule has 4 aliphatic rings. The zero-order valence-corrected chi connectivity index (χ0v) is 24.4. The molecule has 41 heavy (non-hydrogen) atoms. The molecule has 6 rings (SSSR count). The quantitative estimate of drug-likeness (QED) is 0.442. The minimum atomic E-state index is -3.92. The molecule has 218 valence electrons. The Hall–Kier alpha value is -3.24. The van der Waals surface area contributed by atoms with Crippen molar-refractivity contribution in [3.05, 3.63) is 48.5 Å². The lowest BCUT2D eigenvalue weighted by atomic mass is 10.0. The van der Waals surface area contributed by atoms with Gasteiger partial charge < -0.3 is 9.64 Å². The van der Waals surface area contributed by atoms with Crippen LogP contribution in [-0.4, -0.2) is 78.1 Å². The van der Waals surface area contributed by atoms with Crippen molar-refractivity contribution in [3.63, 3.8) is 0 Å². The van der Waals surface area contributed by atoms with E-state index in [2.05, 4.69) is 6.92 Å². The summed E-state index contributed by atoms with van der Waals surface area (Å²) in [6, 6.07) is 12.9. The Labute approximate surface area is 241 Å². The number of hydrogen-bond acceptors (Lipinski definition) is 6. The summed E-state index contributed by atoms with van der Waals surface area (Å²) in [6.07, 6.45) is 4.11. The van der Waals surface area contributed by atoms with Crippen LogP contribution in [0.1, 0.15) is 52.4 Å². The van der Waals surface area contributed by atoms with Crippen LogP contribution < -0.4 is 4.74 Å². The molecular weight excluding hydrogens is 542 g/mol. The molecule has 3 saturated heterocycles. The summed E-state index contributed by atoms with van der Waals surface area (Å²) in [5, 5.41) is 0. The fourth-order valence-corrected chi connectivity index (χ4v) is 8.30. The van der Waals surface area contributed by atoms with Gasteiger partial charge in [-0.3, -0.25) is 19.3 Å². The number of ether oxygens (including phenoxy) is 1. The van der Waals surface area contributed by atoms with Crippen molar-refractivity contribution in [2.45, 2.75) is 75.4 Å². The fourth-order valence-electron chi connectivity index (χ4n) is 6.65. The van der Waals surface area contributed by atoms with Crippen LogP contribution in [0.15, 0.2) is 53.4 Å². The number of carbonyl (C=O) groups is 3. The second-order valence-electron chi connectivity index (χ2n) is 11.7. The van der Waals surface area contributed by atoms with Gasteiger partial charge in [0.1, 0.15) is 11.8 Å². The molecule has 2 aromatic rings. The maximum Gasteiger partial charge on any atom is 0.243 e. The Bertz CT molecular complexity index is 1440. The van der Waals surface area contributed by atoms with E-state index in [-0.39, 0.29) is 41.1 Å². The van der Waals surface area contributed by atoms with Gasteiger partial charge in [-0.05, 0) is 73.9 Å². The predicted octanol–water partition coefficient (Wildman–Crippen LogP) is 3.68. The van der Waals surface area contributed by atoms with Gasteiger partial charge >= 0.3 is 0 Å². The number of benzene rings is 2. The highest BCUT2D eigenvalue weighted by Crippen LogP contribution is 2.42. The van der Waals surface area contributed by atoms with E-state index < -0.39 is 28.0 Å². The molecule has 3 aliphatic heterocycles. The average molecular weight is 580 g/mol. The highest BCUT2D eigenvalue weighted by atomic mass is 32.2. The Balaban J connectivity index is 1.18. The zero-order chi connectivity index (χ0) is 28.9. The molecule has 0 radical (unpaired) electrons. The topological polar surface area (TPSA) is 104 Å². The maximum absolute atomic E-state index is 13.9. The van der Waals surface area contributed by atoms with Gasteiger partial charge in [-0.1, -0.05) is 38.1 Å². The second kappa shape index (κ2) is 10.9. The summed E-state index contributed by atoms with van der Waals surface area (Å²) >= 11 is 0. The number of carbonyl (C=O) groups excluding carboxylic acids is 3. The third kappa shape index (κ3) is 4.95. The SMILES string of the molecule is CCCOc1ccc(-c2ccc(S(=O)(=O)N3CCC[C@H]3C(=O)N3CC[C@H]4[C@H]3[C@H](C)C(=O)N4C(=O)C3CC3)cc2)cc1. The van der Waals surface area contributed by atoms with E-state index in [4.69, 9.17) is 4.74 Å². The van der Waals surface area contributed by atoms with Crippen molar-refractivity contribution in [3.8, 4) is 16.9 Å². The summed E-state index contributed by atoms with van der Waals surface area (Å²) in [6.45, 7) is 5.17. The molecule has 3 amide bonds. The van der Waals surface area contributed by atoms with Crippen molar-refractivity contribution in [1.82, 2.24) is 14.1 Å². The highest BCUT2D eigenvalue weighted by Gasteiger charge is 2.57. The fraction of sp³-hybridized carbons (Fsp3) is 0.516. The molecule has 3 heterocycles. The van der Waals surface area contributed by atoms with Crippen LogP contribution in [0.4, 0.5) is 0 Å². The first-order chi connectivity index (χ1) is 19.7. The van der Waals surface area contributed by atoms with Crippen LogP contribution in [0.25, 0.3) is 11.1 Å². The number of hydrogen-bond donors (Lipinski definition) is 0. The van der Waals surface area contributed by atoms with Crippen LogP contribution in [0, 0.1) is 11.8 Å². The second-order valence-corrected chi connectivity index (χ2v) is 13.5. The number of sulfonamides is 1. The van der Waals surface area contributed by atoms with Crippen LogP contribution >= 0.6 is 0 Å². The van der Waals surface area contributed by atoms with Gasteiger partial charge in [-0.15, -0.1) is 0 Å². The first-order valence-electron chi connectivity index (χ1n) is 14.7. The van der Waals surface area contributed by atoms with E-state index in [1.807, 2.05) is 24.3 Å². The smallest absolute Gasteiger partial charge is 0.243 e. The number of likely N-dealkylation sites (tertiary alicyclic amines) is 2. The zero-order valence-electron chi connectivity index (χ0n) is 23.6.